The topological polar surface area (TPSA) is 12.0 Å². The van der Waals surface area contributed by atoms with Crippen molar-refractivity contribution in [1.82, 2.24) is 0 Å². The van der Waals surface area contributed by atoms with Crippen molar-refractivity contribution in [1.29, 1.82) is 0 Å². The summed E-state index contributed by atoms with van der Waals surface area (Å²) in [5, 5.41) is 3.33. The Morgan fingerprint density at radius 1 is 0.875 bits per heavy atom. The molecule has 0 saturated heterocycles. The zero-order valence-corrected chi connectivity index (χ0v) is 10.4. The summed E-state index contributed by atoms with van der Waals surface area (Å²) in [4.78, 5) is 0.869. The molecular weight excluding hydrogens is 266 g/mol. The van der Waals surface area contributed by atoms with E-state index in [1.807, 2.05) is 42.5 Å². The Balaban J connectivity index is 0.00000128. The van der Waals surface area contributed by atoms with Gasteiger partial charge < -0.3 is 17.9 Å². The molecule has 0 spiro atoms. The van der Waals surface area contributed by atoms with Crippen LogP contribution in [0, 0.1) is 0 Å². The van der Waals surface area contributed by atoms with Crippen molar-refractivity contribution < 1.29 is 17.1 Å². The molecule has 0 aliphatic heterocycles. The Bertz CT molecular complexity index is 431. The van der Waals surface area contributed by atoms with Gasteiger partial charge in [0, 0.05) is 12.2 Å². The molecule has 0 aliphatic carbocycles. The Kier molecular flexibility index (Phi) is 5.33. The fraction of sp³-hybridized carbons (Fsp3) is 0.0769. The number of benzene rings is 2. The van der Waals surface area contributed by atoms with Crippen LogP contribution in [0.15, 0.2) is 59.5 Å². The van der Waals surface area contributed by atoms with Crippen LogP contribution in [0.4, 0.5) is 5.69 Å². The van der Waals surface area contributed by atoms with Crippen LogP contribution in [0.5, 0.6) is 0 Å². The molecule has 3 heteroatoms. The summed E-state index contributed by atoms with van der Waals surface area (Å²) in [6, 6.07) is 18.2. The van der Waals surface area contributed by atoms with Gasteiger partial charge in [-0.1, -0.05) is 48.5 Å². The molecule has 86 valence electrons. The number of anilines is 1. The number of nitrogens with one attached hydrogen (secondary N) is 1. The minimum Gasteiger partial charge on any atom is -0.778 e. The van der Waals surface area contributed by atoms with Gasteiger partial charge in [-0.25, -0.2) is 0 Å². The number of hydrogen-bond donors (Lipinski definition) is 1. The molecule has 2 aromatic carbocycles. The first-order valence-electron chi connectivity index (χ1n) is 4.90. The van der Waals surface area contributed by atoms with E-state index >= 15 is 0 Å². The Hall–Kier alpha value is -1.02. The zero-order chi connectivity index (χ0) is 10.5. The normalized spacial score (nSPS) is 9.25. The van der Waals surface area contributed by atoms with Crippen molar-refractivity contribution in [2.45, 2.75) is 11.4 Å². The maximum atomic E-state index is 5.20. The van der Waals surface area contributed by atoms with Gasteiger partial charge in [-0.15, -0.1) is 0 Å². The summed E-state index contributed by atoms with van der Waals surface area (Å²) in [5.41, 5.74) is 2.28. The molecule has 1 N–H and O–H groups in total. The molecule has 0 atom stereocenters. The third-order valence-electron chi connectivity index (χ3n) is 2.21. The molecule has 16 heavy (non-hydrogen) atoms. The van der Waals surface area contributed by atoms with E-state index < -0.39 is 0 Å². The molecule has 0 bridgehead atoms. The van der Waals surface area contributed by atoms with Gasteiger partial charge >= 0.3 is 17.1 Å². The summed E-state index contributed by atoms with van der Waals surface area (Å²) >= 11 is 5.20. The van der Waals surface area contributed by atoms with Gasteiger partial charge in [0.1, 0.15) is 0 Å². The van der Waals surface area contributed by atoms with Crippen LogP contribution in [0.25, 0.3) is 0 Å². The van der Waals surface area contributed by atoms with Crippen molar-refractivity contribution in [3.05, 3.63) is 60.2 Å². The zero-order valence-electron chi connectivity index (χ0n) is 8.61. The van der Waals surface area contributed by atoms with Crippen molar-refractivity contribution in [3.8, 4) is 0 Å². The first kappa shape index (κ1) is 13.0. The molecule has 0 saturated carbocycles. The van der Waals surface area contributed by atoms with Gasteiger partial charge in [-0.05, 0) is 11.6 Å². The van der Waals surface area contributed by atoms with Crippen LogP contribution in [-0.4, -0.2) is 0 Å². The number of para-hydroxylation sites is 1. The summed E-state index contributed by atoms with van der Waals surface area (Å²) < 4.78 is 0. The average molecular weight is 278 g/mol. The van der Waals surface area contributed by atoms with Crippen LogP contribution >= 0.6 is 0 Å². The molecule has 0 amide bonds. The van der Waals surface area contributed by atoms with Gasteiger partial charge in [0.05, 0.1) is 0 Å². The van der Waals surface area contributed by atoms with Crippen molar-refractivity contribution in [2.24, 2.45) is 0 Å². The molecule has 0 heterocycles. The van der Waals surface area contributed by atoms with Crippen molar-refractivity contribution in [2.75, 3.05) is 5.32 Å². The first-order valence-corrected chi connectivity index (χ1v) is 5.31. The van der Waals surface area contributed by atoms with Gasteiger partial charge in [0.2, 0.25) is 0 Å². The van der Waals surface area contributed by atoms with E-state index in [4.69, 9.17) is 12.6 Å². The fourth-order valence-corrected chi connectivity index (χ4v) is 1.62. The molecule has 0 radical (unpaired) electrons. The minimum atomic E-state index is 0. The second-order valence-corrected chi connectivity index (χ2v) is 3.78. The third kappa shape index (κ3) is 3.53. The molecule has 0 aliphatic rings. The molecule has 2 rings (SSSR count). The van der Waals surface area contributed by atoms with Crippen LogP contribution in [0.3, 0.4) is 0 Å². The monoisotopic (exact) mass is 277 g/mol. The van der Waals surface area contributed by atoms with Gasteiger partial charge in [0.15, 0.2) is 0 Å². The predicted molar refractivity (Wildman–Crippen MR) is 65.8 cm³/mol. The predicted octanol–water partition coefficient (Wildman–Crippen LogP) is 3.20. The summed E-state index contributed by atoms with van der Waals surface area (Å²) in [5.74, 6) is 0. The average Bonchev–Trinajstić information content (AvgIpc) is 2.29. The summed E-state index contributed by atoms with van der Waals surface area (Å²) in [6.45, 7) is 0.814. The summed E-state index contributed by atoms with van der Waals surface area (Å²) in [7, 11) is 0. The maximum absolute atomic E-state index is 5.20. The Morgan fingerprint density at radius 2 is 1.50 bits per heavy atom. The number of hydrogen-bond acceptors (Lipinski definition) is 2. The van der Waals surface area contributed by atoms with Crippen LogP contribution in [-0.2, 0) is 36.2 Å². The third-order valence-corrected chi connectivity index (χ3v) is 2.57. The smallest absolute Gasteiger partial charge is 0.778 e. The molecular formula is C13H12CuNS. The molecule has 0 unspecified atom stereocenters. The molecule has 2 aromatic rings. The first-order chi connectivity index (χ1) is 7.36. The standard InChI is InChI=1S/C13H13NS.Cu/c15-13-9-5-4-8-12(13)14-10-11-6-2-1-3-7-11;/h1-9,14-15H,10H2;/q;+1/p-1. The van der Waals surface area contributed by atoms with E-state index in [0.29, 0.717) is 0 Å². The van der Waals surface area contributed by atoms with E-state index in [1.165, 1.54) is 5.56 Å². The minimum absolute atomic E-state index is 0. The van der Waals surface area contributed by atoms with Crippen LogP contribution < -0.4 is 5.32 Å². The van der Waals surface area contributed by atoms with E-state index in [1.54, 1.807) is 0 Å². The van der Waals surface area contributed by atoms with E-state index in [0.717, 1.165) is 17.1 Å². The number of rotatable bonds is 3. The quantitative estimate of drug-likeness (QED) is 0.683. The van der Waals surface area contributed by atoms with Gasteiger partial charge in [0.25, 0.3) is 0 Å². The molecule has 0 fully saturated rings. The van der Waals surface area contributed by atoms with Crippen LogP contribution in [0.2, 0.25) is 0 Å². The van der Waals surface area contributed by atoms with E-state index in [2.05, 4.69) is 17.4 Å². The maximum Gasteiger partial charge on any atom is 1.00 e. The SMILES string of the molecule is [Cu+].[S-]c1ccccc1NCc1ccccc1. The fourth-order valence-electron chi connectivity index (χ4n) is 1.41. The van der Waals surface area contributed by atoms with E-state index in [9.17, 15) is 0 Å². The largest absolute Gasteiger partial charge is 1.00 e. The Labute approximate surface area is 112 Å². The van der Waals surface area contributed by atoms with Crippen molar-refractivity contribution >= 4 is 18.3 Å². The van der Waals surface area contributed by atoms with Crippen molar-refractivity contribution in [3.63, 3.8) is 0 Å². The molecule has 1 nitrogen and oxygen atoms in total. The van der Waals surface area contributed by atoms with E-state index in [-0.39, 0.29) is 17.1 Å². The van der Waals surface area contributed by atoms with Gasteiger partial charge in [-0.2, -0.15) is 4.90 Å². The second-order valence-electron chi connectivity index (χ2n) is 3.34. The van der Waals surface area contributed by atoms with Gasteiger partial charge in [-0.3, -0.25) is 0 Å². The Morgan fingerprint density at radius 3 is 2.19 bits per heavy atom. The molecule has 0 aromatic heterocycles. The summed E-state index contributed by atoms with van der Waals surface area (Å²) in [6.07, 6.45) is 0. The van der Waals surface area contributed by atoms with Crippen LogP contribution in [0.1, 0.15) is 5.56 Å². The second kappa shape index (κ2) is 6.54.